The standard InChI is InChI=1S/C11H20N2O4S2/c1-8-4-6-11(7-5-8)9(12)10(18(3,14)15)19(16,17)13(11)2/h8H,4-7,12H2,1-3H3. The van der Waals surface area contributed by atoms with Crippen molar-refractivity contribution in [2.24, 2.45) is 11.7 Å². The van der Waals surface area contributed by atoms with Crippen molar-refractivity contribution in [2.75, 3.05) is 13.3 Å². The topological polar surface area (TPSA) is 97.5 Å². The van der Waals surface area contributed by atoms with Crippen LogP contribution in [0, 0.1) is 5.92 Å². The van der Waals surface area contributed by atoms with E-state index >= 15 is 0 Å². The molecule has 1 fully saturated rings. The Labute approximate surface area is 114 Å². The van der Waals surface area contributed by atoms with E-state index in [2.05, 4.69) is 6.92 Å². The lowest BCUT2D eigenvalue weighted by molar-refractivity contribution is 0.170. The van der Waals surface area contributed by atoms with E-state index in [1.165, 1.54) is 7.05 Å². The summed E-state index contributed by atoms with van der Waals surface area (Å²) in [6, 6.07) is 0. The minimum absolute atomic E-state index is 0.00407. The summed E-state index contributed by atoms with van der Waals surface area (Å²) in [7, 11) is -6.43. The van der Waals surface area contributed by atoms with Crippen LogP contribution in [-0.4, -0.2) is 40.0 Å². The van der Waals surface area contributed by atoms with Gasteiger partial charge in [-0.25, -0.2) is 16.8 Å². The van der Waals surface area contributed by atoms with Crippen LogP contribution in [0.25, 0.3) is 0 Å². The number of nitrogens with zero attached hydrogens (tertiary/aromatic N) is 1. The average molecular weight is 308 g/mol. The van der Waals surface area contributed by atoms with Gasteiger partial charge in [-0.05, 0) is 31.6 Å². The van der Waals surface area contributed by atoms with Crippen LogP contribution in [0.3, 0.4) is 0 Å². The molecule has 0 amide bonds. The fraction of sp³-hybridized carbons (Fsp3) is 0.818. The van der Waals surface area contributed by atoms with Gasteiger partial charge in [0.2, 0.25) is 0 Å². The van der Waals surface area contributed by atoms with Crippen molar-refractivity contribution in [3.63, 3.8) is 0 Å². The molecule has 2 N–H and O–H groups in total. The first-order valence-electron chi connectivity index (χ1n) is 6.23. The first-order valence-corrected chi connectivity index (χ1v) is 9.56. The van der Waals surface area contributed by atoms with Gasteiger partial charge >= 0.3 is 0 Å². The second kappa shape index (κ2) is 4.20. The van der Waals surface area contributed by atoms with Crippen LogP contribution in [0.2, 0.25) is 0 Å². The van der Waals surface area contributed by atoms with Crippen molar-refractivity contribution in [3.05, 3.63) is 9.93 Å². The molecule has 1 heterocycles. The lowest BCUT2D eigenvalue weighted by Gasteiger charge is -2.40. The highest BCUT2D eigenvalue weighted by molar-refractivity contribution is 8.13. The van der Waals surface area contributed by atoms with Crippen LogP contribution < -0.4 is 5.73 Å². The van der Waals surface area contributed by atoms with Crippen molar-refractivity contribution >= 4 is 19.9 Å². The van der Waals surface area contributed by atoms with E-state index in [0.717, 1.165) is 23.4 Å². The zero-order valence-electron chi connectivity index (χ0n) is 11.4. The van der Waals surface area contributed by atoms with Gasteiger partial charge in [0.25, 0.3) is 10.0 Å². The molecule has 0 unspecified atom stereocenters. The molecule has 8 heteroatoms. The molecule has 6 nitrogen and oxygen atoms in total. The fourth-order valence-electron chi connectivity index (χ4n) is 3.07. The summed E-state index contributed by atoms with van der Waals surface area (Å²) in [5.74, 6) is 0.511. The Balaban J connectivity index is 2.64. The Morgan fingerprint density at radius 2 is 1.79 bits per heavy atom. The third-order valence-corrected chi connectivity index (χ3v) is 8.55. The minimum Gasteiger partial charge on any atom is -0.399 e. The average Bonchev–Trinajstić information content (AvgIpc) is 2.40. The number of sulfonamides is 1. The number of sulfone groups is 1. The number of hydrogen-bond donors (Lipinski definition) is 1. The third-order valence-electron chi connectivity index (χ3n) is 4.36. The summed E-state index contributed by atoms with van der Waals surface area (Å²) in [5.41, 5.74) is 5.13. The zero-order chi connectivity index (χ0) is 14.6. The quantitative estimate of drug-likeness (QED) is 0.755. The summed E-state index contributed by atoms with van der Waals surface area (Å²) >= 11 is 0. The first-order chi connectivity index (χ1) is 8.53. The van der Waals surface area contributed by atoms with E-state index in [9.17, 15) is 16.8 Å². The molecular weight excluding hydrogens is 288 g/mol. The predicted octanol–water partition coefficient (Wildman–Crippen LogP) is 0.383. The molecule has 1 saturated carbocycles. The SMILES string of the molecule is CC1CCC2(CC1)C(N)=C(S(C)(=O)=O)S(=O)(=O)N2C. The van der Waals surface area contributed by atoms with Gasteiger partial charge in [-0.15, -0.1) is 0 Å². The molecule has 2 rings (SSSR count). The maximum atomic E-state index is 12.3. The molecule has 19 heavy (non-hydrogen) atoms. The molecule has 0 atom stereocenters. The first kappa shape index (κ1) is 14.8. The molecule has 0 aromatic carbocycles. The fourth-order valence-corrected chi connectivity index (χ4v) is 6.98. The highest BCUT2D eigenvalue weighted by atomic mass is 32.3. The molecule has 1 spiro atoms. The Morgan fingerprint density at radius 3 is 2.16 bits per heavy atom. The predicted molar refractivity (Wildman–Crippen MR) is 73.1 cm³/mol. The van der Waals surface area contributed by atoms with Gasteiger partial charge in [-0.2, -0.15) is 4.31 Å². The maximum Gasteiger partial charge on any atom is 0.256 e. The summed E-state index contributed by atoms with van der Waals surface area (Å²) in [5, 5.41) is 0. The number of likely N-dealkylation sites (N-methyl/N-ethyl adjacent to an activating group) is 1. The Morgan fingerprint density at radius 1 is 1.32 bits per heavy atom. The summed E-state index contributed by atoms with van der Waals surface area (Å²) < 4.78 is 48.7. The van der Waals surface area contributed by atoms with Gasteiger partial charge in [0, 0.05) is 13.3 Å². The molecule has 0 aromatic heterocycles. The second-order valence-corrected chi connectivity index (χ2v) is 9.78. The summed E-state index contributed by atoms with van der Waals surface area (Å²) in [4.78, 5) is 0. The van der Waals surface area contributed by atoms with Gasteiger partial charge in [0.1, 0.15) is 0 Å². The molecule has 1 aliphatic heterocycles. The second-order valence-electron chi connectivity index (χ2n) is 5.66. The molecule has 2 aliphatic rings. The molecule has 0 aromatic rings. The van der Waals surface area contributed by atoms with Crippen LogP contribution in [0.15, 0.2) is 9.93 Å². The highest BCUT2D eigenvalue weighted by Crippen LogP contribution is 2.48. The van der Waals surface area contributed by atoms with Crippen LogP contribution in [-0.2, 0) is 19.9 Å². The molecule has 0 saturated heterocycles. The smallest absolute Gasteiger partial charge is 0.256 e. The maximum absolute atomic E-state index is 12.3. The van der Waals surface area contributed by atoms with E-state index in [0.29, 0.717) is 18.8 Å². The van der Waals surface area contributed by atoms with Gasteiger partial charge < -0.3 is 5.73 Å². The molecule has 0 radical (unpaired) electrons. The van der Waals surface area contributed by atoms with Crippen LogP contribution >= 0.6 is 0 Å². The molecule has 1 aliphatic carbocycles. The largest absolute Gasteiger partial charge is 0.399 e. The monoisotopic (exact) mass is 308 g/mol. The molecule has 0 bridgehead atoms. The van der Waals surface area contributed by atoms with E-state index < -0.39 is 29.6 Å². The van der Waals surface area contributed by atoms with Gasteiger partial charge in [-0.3, -0.25) is 0 Å². The number of nitrogens with two attached hydrogens (primary N) is 1. The molecule has 110 valence electrons. The van der Waals surface area contributed by atoms with Crippen molar-refractivity contribution in [3.8, 4) is 0 Å². The van der Waals surface area contributed by atoms with Crippen LogP contribution in [0.4, 0.5) is 0 Å². The van der Waals surface area contributed by atoms with Gasteiger partial charge in [-0.1, -0.05) is 6.92 Å². The van der Waals surface area contributed by atoms with Gasteiger partial charge in [0.05, 0.1) is 11.2 Å². The Hall–Kier alpha value is -0.600. The number of rotatable bonds is 1. The highest BCUT2D eigenvalue weighted by Gasteiger charge is 2.56. The zero-order valence-corrected chi connectivity index (χ0v) is 13.0. The van der Waals surface area contributed by atoms with E-state index in [1.807, 2.05) is 0 Å². The number of hydrogen-bond acceptors (Lipinski definition) is 5. The van der Waals surface area contributed by atoms with E-state index in [4.69, 9.17) is 5.73 Å². The van der Waals surface area contributed by atoms with Crippen molar-refractivity contribution < 1.29 is 16.8 Å². The van der Waals surface area contributed by atoms with Crippen molar-refractivity contribution in [1.29, 1.82) is 0 Å². The van der Waals surface area contributed by atoms with E-state index in [1.54, 1.807) is 0 Å². The third kappa shape index (κ3) is 2.00. The summed E-state index contributed by atoms with van der Waals surface area (Å²) in [6.45, 7) is 2.10. The lowest BCUT2D eigenvalue weighted by atomic mass is 9.76. The lowest BCUT2D eigenvalue weighted by Crippen LogP contribution is -2.49. The van der Waals surface area contributed by atoms with Crippen LogP contribution in [0.5, 0.6) is 0 Å². The Bertz CT molecular complexity index is 626. The van der Waals surface area contributed by atoms with E-state index in [-0.39, 0.29) is 5.70 Å². The van der Waals surface area contributed by atoms with Gasteiger partial charge in [0.15, 0.2) is 14.1 Å². The Kier molecular flexibility index (Phi) is 3.27. The van der Waals surface area contributed by atoms with Crippen molar-refractivity contribution in [2.45, 2.75) is 38.1 Å². The molecular formula is C11H20N2O4S2. The van der Waals surface area contributed by atoms with Crippen LogP contribution in [0.1, 0.15) is 32.6 Å². The normalized spacial score (nSPS) is 36.1. The van der Waals surface area contributed by atoms with Crippen molar-refractivity contribution in [1.82, 2.24) is 4.31 Å². The summed E-state index contributed by atoms with van der Waals surface area (Å²) in [6.07, 6.45) is 3.74. The minimum atomic E-state index is -4.00.